The molecule has 4 heteroatoms. The largest absolute Gasteiger partial charge is 0.429 e. The number of hydrogen-bond donors (Lipinski definition) is 2. The maximum Gasteiger partial charge on any atom is 0.333 e. The highest BCUT2D eigenvalue weighted by atomic mass is 16.6. The van der Waals surface area contributed by atoms with Crippen molar-refractivity contribution in [3.05, 3.63) is 35.5 Å². The Balaban J connectivity index is 1.85. The van der Waals surface area contributed by atoms with E-state index in [1.807, 2.05) is 0 Å². The summed E-state index contributed by atoms with van der Waals surface area (Å²) in [5.74, 6) is 0.273. The Morgan fingerprint density at radius 3 is 2.75 bits per heavy atom. The molecule has 0 bridgehead atoms. The van der Waals surface area contributed by atoms with Crippen LogP contribution >= 0.6 is 0 Å². The topological polar surface area (TPSA) is 66.8 Å². The first-order valence-corrected chi connectivity index (χ1v) is 10.7. The Labute approximate surface area is 169 Å². The summed E-state index contributed by atoms with van der Waals surface area (Å²) in [5.41, 5.74) is 3.20. The van der Waals surface area contributed by atoms with Gasteiger partial charge in [-0.15, -0.1) is 6.58 Å². The van der Waals surface area contributed by atoms with Gasteiger partial charge in [-0.2, -0.15) is 0 Å². The van der Waals surface area contributed by atoms with E-state index in [1.54, 1.807) is 5.57 Å². The van der Waals surface area contributed by atoms with Crippen molar-refractivity contribution in [1.82, 2.24) is 0 Å². The Hall–Kier alpha value is -1.39. The lowest BCUT2D eigenvalue weighted by molar-refractivity contribution is -0.152. The van der Waals surface area contributed by atoms with Crippen LogP contribution in [0.25, 0.3) is 0 Å². The second-order valence-corrected chi connectivity index (χ2v) is 9.92. The standard InChI is InChI=1S/C24H36O4/c1-15(2)10-12-23(4)11-6-7-19-18(23)9-8-16(3)24(19,5)14-20(25)17-13-21(26)28-22(17)27/h9,13,16,19-20,22,25,27H,1,6-8,10-12,14H2,2-5H3/t16-,19-,20?,22?,23+,24+/m1/s1. The molecular formula is C24H36O4. The molecule has 28 heavy (non-hydrogen) atoms. The average Bonchev–Trinajstić information content (AvgIpc) is 2.96. The van der Waals surface area contributed by atoms with Gasteiger partial charge in [0.05, 0.1) is 6.10 Å². The molecule has 0 aromatic rings. The number of carbonyl (C=O) groups is 1. The molecule has 0 radical (unpaired) electrons. The first kappa shape index (κ1) is 21.3. The zero-order chi connectivity index (χ0) is 20.7. The van der Waals surface area contributed by atoms with Gasteiger partial charge >= 0.3 is 5.97 Å². The molecular weight excluding hydrogens is 352 g/mol. The van der Waals surface area contributed by atoms with E-state index in [-0.39, 0.29) is 10.8 Å². The van der Waals surface area contributed by atoms with Crippen LogP contribution in [0.5, 0.6) is 0 Å². The molecule has 156 valence electrons. The smallest absolute Gasteiger partial charge is 0.333 e. The second-order valence-electron chi connectivity index (χ2n) is 9.92. The van der Waals surface area contributed by atoms with Gasteiger partial charge in [-0.1, -0.05) is 44.4 Å². The van der Waals surface area contributed by atoms with Crippen LogP contribution in [0.2, 0.25) is 0 Å². The minimum Gasteiger partial charge on any atom is -0.429 e. The van der Waals surface area contributed by atoms with Crippen molar-refractivity contribution in [2.75, 3.05) is 0 Å². The van der Waals surface area contributed by atoms with Gasteiger partial charge in [0.15, 0.2) is 0 Å². The van der Waals surface area contributed by atoms with E-state index in [0.29, 0.717) is 23.8 Å². The van der Waals surface area contributed by atoms with E-state index < -0.39 is 18.4 Å². The van der Waals surface area contributed by atoms with E-state index in [4.69, 9.17) is 4.74 Å². The average molecular weight is 389 g/mol. The van der Waals surface area contributed by atoms with Crippen molar-refractivity contribution in [3.63, 3.8) is 0 Å². The number of fused-ring (bicyclic) bond motifs is 1. The van der Waals surface area contributed by atoms with Crippen LogP contribution in [0.4, 0.5) is 0 Å². The van der Waals surface area contributed by atoms with E-state index in [9.17, 15) is 15.0 Å². The lowest BCUT2D eigenvalue weighted by atomic mass is 9.50. The highest BCUT2D eigenvalue weighted by Gasteiger charge is 2.50. The summed E-state index contributed by atoms with van der Waals surface area (Å²) in [6.45, 7) is 13.1. The highest BCUT2D eigenvalue weighted by Crippen LogP contribution is 2.59. The number of ether oxygens (including phenoxy) is 1. The Morgan fingerprint density at radius 1 is 1.43 bits per heavy atom. The summed E-state index contributed by atoms with van der Waals surface area (Å²) in [6.07, 6.45) is 8.81. The predicted octanol–water partition coefficient (Wildman–Crippen LogP) is 4.67. The van der Waals surface area contributed by atoms with Crippen molar-refractivity contribution < 1.29 is 19.7 Å². The molecule has 4 nitrogen and oxygen atoms in total. The van der Waals surface area contributed by atoms with E-state index in [0.717, 1.165) is 25.7 Å². The van der Waals surface area contributed by atoms with Gasteiger partial charge in [0.1, 0.15) is 0 Å². The van der Waals surface area contributed by atoms with Crippen LogP contribution in [0.1, 0.15) is 72.6 Å². The lowest BCUT2D eigenvalue weighted by Gasteiger charge is -2.54. The molecule has 3 rings (SSSR count). The van der Waals surface area contributed by atoms with Gasteiger partial charge < -0.3 is 14.9 Å². The molecule has 0 aromatic heterocycles. The van der Waals surface area contributed by atoms with Gasteiger partial charge in [-0.3, -0.25) is 0 Å². The van der Waals surface area contributed by atoms with Gasteiger partial charge in [0, 0.05) is 11.6 Å². The quantitative estimate of drug-likeness (QED) is 0.512. The minimum absolute atomic E-state index is 0.0827. The third kappa shape index (κ3) is 3.86. The van der Waals surface area contributed by atoms with Gasteiger partial charge in [-0.25, -0.2) is 4.79 Å². The van der Waals surface area contributed by atoms with E-state index in [1.165, 1.54) is 24.5 Å². The van der Waals surface area contributed by atoms with Crippen LogP contribution in [0.3, 0.4) is 0 Å². The fourth-order valence-electron chi connectivity index (χ4n) is 5.72. The number of esters is 1. The molecule has 2 aliphatic carbocycles. The molecule has 3 aliphatic rings. The van der Waals surface area contributed by atoms with Gasteiger partial charge in [0.25, 0.3) is 0 Å². The van der Waals surface area contributed by atoms with Crippen LogP contribution in [-0.2, 0) is 9.53 Å². The zero-order valence-electron chi connectivity index (χ0n) is 17.8. The van der Waals surface area contributed by atoms with Gasteiger partial charge in [0.2, 0.25) is 6.29 Å². The lowest BCUT2D eigenvalue weighted by Crippen LogP contribution is -2.46. The van der Waals surface area contributed by atoms with Crippen LogP contribution in [0, 0.1) is 22.7 Å². The van der Waals surface area contributed by atoms with Crippen LogP contribution < -0.4 is 0 Å². The maximum atomic E-state index is 11.5. The van der Waals surface area contributed by atoms with E-state index in [2.05, 4.69) is 40.3 Å². The van der Waals surface area contributed by atoms with Crippen molar-refractivity contribution in [1.29, 1.82) is 0 Å². The minimum atomic E-state index is -1.31. The molecule has 0 aromatic carbocycles. The number of aliphatic hydroxyl groups is 2. The number of hydrogen-bond acceptors (Lipinski definition) is 4. The molecule has 1 heterocycles. The normalized spacial score (nSPS) is 38.9. The number of carbonyl (C=O) groups excluding carboxylic acids is 1. The number of cyclic esters (lactones) is 1. The van der Waals surface area contributed by atoms with Crippen molar-refractivity contribution >= 4 is 5.97 Å². The van der Waals surface area contributed by atoms with Crippen LogP contribution in [0.15, 0.2) is 35.5 Å². The predicted molar refractivity (Wildman–Crippen MR) is 110 cm³/mol. The molecule has 2 unspecified atom stereocenters. The Morgan fingerprint density at radius 2 is 2.14 bits per heavy atom. The monoisotopic (exact) mass is 388 g/mol. The maximum absolute atomic E-state index is 11.5. The number of allylic oxidation sites excluding steroid dienone is 3. The van der Waals surface area contributed by atoms with Crippen molar-refractivity contribution in [2.45, 2.75) is 85.0 Å². The first-order chi connectivity index (χ1) is 13.1. The summed E-state index contributed by atoms with van der Waals surface area (Å²) in [7, 11) is 0. The molecule has 1 aliphatic heterocycles. The second kappa shape index (κ2) is 7.79. The van der Waals surface area contributed by atoms with Crippen molar-refractivity contribution in [3.8, 4) is 0 Å². The zero-order valence-corrected chi connectivity index (χ0v) is 17.8. The van der Waals surface area contributed by atoms with Crippen molar-refractivity contribution in [2.24, 2.45) is 22.7 Å². The summed E-state index contributed by atoms with van der Waals surface area (Å²) < 4.78 is 4.78. The molecule has 0 amide bonds. The summed E-state index contributed by atoms with van der Waals surface area (Å²) in [6, 6.07) is 0. The number of aliphatic hydroxyl groups excluding tert-OH is 2. The fraction of sp³-hybridized carbons (Fsp3) is 0.708. The fourth-order valence-corrected chi connectivity index (χ4v) is 5.72. The molecule has 1 fully saturated rings. The molecule has 0 spiro atoms. The number of rotatable bonds is 6. The molecule has 0 saturated heterocycles. The molecule has 2 N–H and O–H groups in total. The van der Waals surface area contributed by atoms with Gasteiger partial charge in [-0.05, 0) is 68.1 Å². The SMILES string of the molecule is C=C(C)CC[C@]1(C)CCC[C@@H]2C1=CC[C@@H](C)[C@]2(C)CC(O)C1=CC(=O)OC1O. The highest BCUT2D eigenvalue weighted by molar-refractivity contribution is 5.85. The van der Waals surface area contributed by atoms with Crippen LogP contribution in [-0.4, -0.2) is 28.6 Å². The molecule has 1 saturated carbocycles. The summed E-state index contributed by atoms with van der Waals surface area (Å²) >= 11 is 0. The molecule has 6 atom stereocenters. The third-order valence-corrected chi connectivity index (χ3v) is 7.83. The third-order valence-electron chi connectivity index (χ3n) is 7.83. The first-order valence-electron chi connectivity index (χ1n) is 10.7. The Kier molecular flexibility index (Phi) is 5.94. The summed E-state index contributed by atoms with van der Waals surface area (Å²) in [4.78, 5) is 11.5. The summed E-state index contributed by atoms with van der Waals surface area (Å²) in [5, 5.41) is 20.8. The van der Waals surface area contributed by atoms with E-state index >= 15 is 0 Å². The Bertz CT molecular complexity index is 705.